The van der Waals surface area contributed by atoms with Crippen LogP contribution in [0.4, 0.5) is 0 Å². The highest BCUT2D eigenvalue weighted by atomic mass is 127. The van der Waals surface area contributed by atoms with Crippen LogP contribution in [0, 0.1) is 5.92 Å². The summed E-state index contributed by atoms with van der Waals surface area (Å²) in [5.41, 5.74) is 1.26. The number of hydrogen-bond donors (Lipinski definition) is 1. The van der Waals surface area contributed by atoms with Gasteiger partial charge in [-0.25, -0.2) is 0 Å². The number of hydrogen-bond acceptors (Lipinski definition) is 3. The van der Waals surface area contributed by atoms with Gasteiger partial charge in [0, 0.05) is 33.2 Å². The number of rotatable bonds is 8. The van der Waals surface area contributed by atoms with Crippen molar-refractivity contribution < 1.29 is 4.74 Å². The molecule has 1 unspecified atom stereocenters. The van der Waals surface area contributed by atoms with Crippen molar-refractivity contribution in [1.82, 2.24) is 15.1 Å². The molecule has 6 heteroatoms. The van der Waals surface area contributed by atoms with Crippen LogP contribution in [0.5, 0.6) is 5.75 Å². The zero-order valence-corrected chi connectivity index (χ0v) is 19.0. The molecule has 2 rings (SSSR count). The summed E-state index contributed by atoms with van der Waals surface area (Å²) in [6.07, 6.45) is 1.26. The summed E-state index contributed by atoms with van der Waals surface area (Å²) < 4.78 is 5.51. The number of benzene rings is 1. The minimum Gasteiger partial charge on any atom is -0.494 e. The third-order valence-electron chi connectivity index (χ3n) is 4.67. The number of ether oxygens (including phenoxy) is 1. The zero-order valence-electron chi connectivity index (χ0n) is 16.7. The molecule has 1 aliphatic rings. The van der Waals surface area contributed by atoms with Crippen LogP contribution in [0.2, 0.25) is 0 Å². The van der Waals surface area contributed by atoms with Crippen molar-refractivity contribution in [2.45, 2.75) is 33.7 Å². The molecule has 1 aliphatic heterocycles. The lowest BCUT2D eigenvalue weighted by molar-refractivity contribution is 0.340. The number of nitrogens with one attached hydrogen (secondary N) is 1. The van der Waals surface area contributed by atoms with E-state index >= 15 is 0 Å². The molecule has 1 aromatic rings. The van der Waals surface area contributed by atoms with Crippen LogP contribution < -0.4 is 10.1 Å². The topological polar surface area (TPSA) is 40.1 Å². The smallest absolute Gasteiger partial charge is 0.193 e. The summed E-state index contributed by atoms with van der Waals surface area (Å²) in [4.78, 5) is 9.60. The van der Waals surface area contributed by atoms with Crippen LogP contribution in [-0.2, 0) is 6.54 Å². The van der Waals surface area contributed by atoms with Crippen molar-refractivity contribution in [1.29, 1.82) is 0 Å². The fourth-order valence-corrected chi connectivity index (χ4v) is 3.24. The van der Waals surface area contributed by atoms with E-state index in [1.54, 1.807) is 0 Å². The molecule has 1 N–H and O–H groups in total. The molecule has 1 saturated heterocycles. The molecule has 0 saturated carbocycles. The molecule has 1 atom stereocenters. The second-order valence-corrected chi connectivity index (χ2v) is 6.68. The molecule has 1 heterocycles. The van der Waals surface area contributed by atoms with E-state index in [2.05, 4.69) is 48.1 Å². The van der Waals surface area contributed by atoms with Gasteiger partial charge >= 0.3 is 0 Å². The van der Waals surface area contributed by atoms with Crippen molar-refractivity contribution in [2.75, 3.05) is 46.4 Å². The average Bonchev–Trinajstić information content (AvgIpc) is 3.08. The van der Waals surface area contributed by atoms with Crippen molar-refractivity contribution in [3.05, 3.63) is 29.8 Å². The molecule has 0 aromatic heterocycles. The number of nitrogens with zero attached hydrogens (tertiary/aromatic N) is 3. The molecule has 5 nitrogen and oxygen atoms in total. The fourth-order valence-electron chi connectivity index (χ4n) is 3.24. The summed E-state index contributed by atoms with van der Waals surface area (Å²) in [5.74, 6) is 2.61. The summed E-state index contributed by atoms with van der Waals surface area (Å²) in [6, 6.07) is 8.32. The lowest BCUT2D eigenvalue weighted by atomic mass is 10.1. The maximum Gasteiger partial charge on any atom is 0.193 e. The van der Waals surface area contributed by atoms with Crippen molar-refractivity contribution in [2.24, 2.45) is 10.9 Å². The molecule has 1 aromatic carbocycles. The van der Waals surface area contributed by atoms with Crippen molar-refractivity contribution in [3.8, 4) is 5.75 Å². The Morgan fingerprint density at radius 2 is 2.00 bits per heavy atom. The Balaban J connectivity index is 0.00000338. The van der Waals surface area contributed by atoms with E-state index < -0.39 is 0 Å². The predicted molar refractivity (Wildman–Crippen MR) is 121 cm³/mol. The average molecular weight is 474 g/mol. The normalized spacial score (nSPS) is 17.7. The Labute approximate surface area is 176 Å². The van der Waals surface area contributed by atoms with Crippen molar-refractivity contribution in [3.63, 3.8) is 0 Å². The number of likely N-dealkylation sites (tertiary alicyclic amines) is 1. The van der Waals surface area contributed by atoms with Gasteiger partial charge in [-0.2, -0.15) is 0 Å². The summed E-state index contributed by atoms with van der Waals surface area (Å²) in [7, 11) is 2.10. The van der Waals surface area contributed by atoms with Gasteiger partial charge in [-0.1, -0.05) is 19.1 Å². The van der Waals surface area contributed by atoms with Crippen LogP contribution in [0.15, 0.2) is 29.3 Å². The van der Waals surface area contributed by atoms with Gasteiger partial charge in [-0.15, -0.1) is 24.0 Å². The molecule has 0 bridgehead atoms. The van der Waals surface area contributed by atoms with E-state index in [1.807, 2.05) is 19.1 Å². The Morgan fingerprint density at radius 1 is 1.27 bits per heavy atom. The van der Waals surface area contributed by atoms with E-state index in [1.165, 1.54) is 25.1 Å². The van der Waals surface area contributed by atoms with E-state index in [-0.39, 0.29) is 24.0 Å². The summed E-state index contributed by atoms with van der Waals surface area (Å²) in [5, 5.41) is 3.42. The SMILES string of the molecule is CCNC(=NCC1CCN(CC)C1)N(C)Cc1ccc(OCC)cc1.I. The molecule has 26 heavy (non-hydrogen) atoms. The Morgan fingerprint density at radius 3 is 2.58 bits per heavy atom. The molecular weight excluding hydrogens is 439 g/mol. The van der Waals surface area contributed by atoms with E-state index in [0.29, 0.717) is 12.5 Å². The van der Waals surface area contributed by atoms with Crippen molar-refractivity contribution >= 4 is 29.9 Å². The molecule has 0 spiro atoms. The van der Waals surface area contributed by atoms with E-state index in [9.17, 15) is 0 Å². The third-order valence-corrected chi connectivity index (χ3v) is 4.67. The minimum atomic E-state index is 0. The number of halogens is 1. The van der Waals surface area contributed by atoms with Gasteiger partial charge in [-0.3, -0.25) is 4.99 Å². The fraction of sp³-hybridized carbons (Fsp3) is 0.650. The monoisotopic (exact) mass is 474 g/mol. The zero-order chi connectivity index (χ0) is 18.1. The van der Waals surface area contributed by atoms with Crippen LogP contribution in [0.3, 0.4) is 0 Å². The van der Waals surface area contributed by atoms with Gasteiger partial charge in [0.1, 0.15) is 5.75 Å². The Hall–Kier alpha value is -1.02. The van der Waals surface area contributed by atoms with Gasteiger partial charge in [-0.05, 0) is 57.0 Å². The molecule has 0 amide bonds. The van der Waals surface area contributed by atoms with Gasteiger partial charge in [0.2, 0.25) is 0 Å². The largest absolute Gasteiger partial charge is 0.494 e. The molecular formula is C20H35IN4O. The first-order valence-corrected chi connectivity index (χ1v) is 9.59. The quantitative estimate of drug-likeness (QED) is 0.356. The predicted octanol–water partition coefficient (Wildman–Crippen LogP) is 3.44. The highest BCUT2D eigenvalue weighted by Gasteiger charge is 2.21. The maximum absolute atomic E-state index is 5.51. The van der Waals surface area contributed by atoms with E-state index in [4.69, 9.17) is 9.73 Å². The number of guanidine groups is 1. The van der Waals surface area contributed by atoms with Crippen LogP contribution in [0.25, 0.3) is 0 Å². The first kappa shape index (κ1) is 23.0. The van der Waals surface area contributed by atoms with E-state index in [0.717, 1.165) is 37.9 Å². The van der Waals surface area contributed by atoms with Gasteiger partial charge in [0.05, 0.1) is 6.61 Å². The standard InChI is InChI=1S/C20H34N4O.HI/c1-5-21-20(22-14-18-12-13-24(6-2)16-18)23(4)15-17-8-10-19(11-9-17)25-7-3;/h8-11,18H,5-7,12-16H2,1-4H3,(H,21,22);1H. The Bertz CT molecular complexity index is 535. The van der Waals surface area contributed by atoms with Crippen LogP contribution >= 0.6 is 24.0 Å². The lowest BCUT2D eigenvalue weighted by Crippen LogP contribution is -2.39. The molecule has 0 aliphatic carbocycles. The van der Waals surface area contributed by atoms with Gasteiger partial charge < -0.3 is 19.9 Å². The molecule has 1 fully saturated rings. The summed E-state index contributed by atoms with van der Waals surface area (Å²) in [6.45, 7) is 13.2. The second-order valence-electron chi connectivity index (χ2n) is 6.68. The molecule has 0 radical (unpaired) electrons. The first-order chi connectivity index (χ1) is 12.2. The third kappa shape index (κ3) is 7.31. The Kier molecular flexibility index (Phi) is 11.0. The van der Waals surface area contributed by atoms with Crippen LogP contribution in [-0.4, -0.2) is 62.1 Å². The lowest BCUT2D eigenvalue weighted by Gasteiger charge is -2.23. The first-order valence-electron chi connectivity index (χ1n) is 9.59. The van der Waals surface area contributed by atoms with Gasteiger partial charge in [0.25, 0.3) is 0 Å². The summed E-state index contributed by atoms with van der Waals surface area (Å²) >= 11 is 0. The maximum atomic E-state index is 5.51. The highest BCUT2D eigenvalue weighted by molar-refractivity contribution is 14.0. The number of aliphatic imine (C=N–C) groups is 1. The minimum absolute atomic E-state index is 0. The molecule has 148 valence electrons. The highest BCUT2D eigenvalue weighted by Crippen LogP contribution is 2.16. The van der Waals surface area contributed by atoms with Gasteiger partial charge in [0.15, 0.2) is 5.96 Å². The van der Waals surface area contributed by atoms with Crippen LogP contribution in [0.1, 0.15) is 32.8 Å². The second kappa shape index (κ2) is 12.4.